The number of benzene rings is 2. The van der Waals surface area contributed by atoms with Crippen molar-refractivity contribution in [2.75, 3.05) is 0 Å². The highest BCUT2D eigenvalue weighted by molar-refractivity contribution is 5.64. The summed E-state index contributed by atoms with van der Waals surface area (Å²) >= 11 is 0. The summed E-state index contributed by atoms with van der Waals surface area (Å²) in [6.07, 6.45) is 10.6. The zero-order chi connectivity index (χ0) is 17.2. The molecule has 4 rings (SSSR count). The standard InChI is InChI=1S/C25H30/c1-3-19-6-9-25-17-24(15-14-23(25)16-19)22-12-10-21(11-13-22)20-7-4-18(2)5-8-20/h3-5,7-8,10-13,19,23-25H,1,6,9,14-17H2,2H3. The van der Waals surface area contributed by atoms with Gasteiger partial charge in [-0.05, 0) is 85.8 Å². The van der Waals surface area contributed by atoms with E-state index in [2.05, 4.69) is 68.1 Å². The van der Waals surface area contributed by atoms with Crippen molar-refractivity contribution in [2.45, 2.75) is 51.4 Å². The Labute approximate surface area is 153 Å². The monoisotopic (exact) mass is 330 g/mol. The van der Waals surface area contributed by atoms with Crippen molar-refractivity contribution < 1.29 is 0 Å². The van der Waals surface area contributed by atoms with Crippen LogP contribution >= 0.6 is 0 Å². The van der Waals surface area contributed by atoms with E-state index in [1.54, 1.807) is 5.56 Å². The lowest BCUT2D eigenvalue weighted by atomic mass is 9.64. The molecular formula is C25H30. The Morgan fingerprint density at radius 3 is 2.04 bits per heavy atom. The minimum absolute atomic E-state index is 0.772. The summed E-state index contributed by atoms with van der Waals surface area (Å²) in [5, 5.41) is 0. The van der Waals surface area contributed by atoms with E-state index in [1.807, 2.05) is 0 Å². The minimum atomic E-state index is 0.772. The zero-order valence-corrected chi connectivity index (χ0v) is 15.5. The highest BCUT2D eigenvalue weighted by Gasteiger charge is 2.35. The van der Waals surface area contributed by atoms with Gasteiger partial charge in [0.1, 0.15) is 0 Å². The molecule has 2 aromatic carbocycles. The molecule has 2 aliphatic rings. The van der Waals surface area contributed by atoms with Crippen molar-refractivity contribution in [3.05, 3.63) is 72.3 Å². The van der Waals surface area contributed by atoms with Gasteiger partial charge in [0.05, 0.1) is 0 Å². The summed E-state index contributed by atoms with van der Waals surface area (Å²) in [6.45, 7) is 6.17. The van der Waals surface area contributed by atoms with Gasteiger partial charge in [0.2, 0.25) is 0 Å². The SMILES string of the molecule is C=CC1CCC2CC(c3ccc(-c4ccc(C)cc4)cc3)CCC2C1. The van der Waals surface area contributed by atoms with Crippen LogP contribution in [0.1, 0.15) is 55.6 Å². The summed E-state index contributed by atoms with van der Waals surface area (Å²) < 4.78 is 0. The Balaban J connectivity index is 1.44. The van der Waals surface area contributed by atoms with E-state index in [-0.39, 0.29) is 0 Å². The molecule has 2 fully saturated rings. The Morgan fingerprint density at radius 2 is 1.36 bits per heavy atom. The molecule has 0 radical (unpaired) electrons. The van der Waals surface area contributed by atoms with E-state index >= 15 is 0 Å². The second-order valence-corrected chi connectivity index (χ2v) is 8.33. The molecule has 2 aromatic rings. The van der Waals surface area contributed by atoms with Gasteiger partial charge in [-0.25, -0.2) is 0 Å². The molecule has 0 nitrogen and oxygen atoms in total. The summed E-state index contributed by atoms with van der Waals surface area (Å²) in [6, 6.07) is 18.3. The number of hydrogen-bond donors (Lipinski definition) is 0. The van der Waals surface area contributed by atoms with E-state index in [0.717, 1.165) is 23.7 Å². The van der Waals surface area contributed by atoms with Crippen LogP contribution in [-0.2, 0) is 0 Å². The molecule has 0 heterocycles. The highest BCUT2D eigenvalue weighted by atomic mass is 14.4. The minimum Gasteiger partial charge on any atom is -0.103 e. The van der Waals surface area contributed by atoms with Crippen molar-refractivity contribution >= 4 is 0 Å². The van der Waals surface area contributed by atoms with Crippen LogP contribution in [0.25, 0.3) is 11.1 Å². The predicted octanol–water partition coefficient (Wildman–Crippen LogP) is 7.15. The Kier molecular flexibility index (Phi) is 4.79. The van der Waals surface area contributed by atoms with Crippen molar-refractivity contribution in [1.82, 2.24) is 0 Å². The van der Waals surface area contributed by atoms with Crippen molar-refractivity contribution in [1.29, 1.82) is 0 Å². The van der Waals surface area contributed by atoms with E-state index < -0.39 is 0 Å². The van der Waals surface area contributed by atoms with Crippen LogP contribution in [0.4, 0.5) is 0 Å². The lowest BCUT2D eigenvalue weighted by Gasteiger charge is -2.41. The number of allylic oxidation sites excluding steroid dienone is 1. The number of fused-ring (bicyclic) bond motifs is 1. The van der Waals surface area contributed by atoms with E-state index in [9.17, 15) is 0 Å². The van der Waals surface area contributed by atoms with E-state index in [0.29, 0.717) is 0 Å². The first-order valence-corrected chi connectivity index (χ1v) is 10.0. The topological polar surface area (TPSA) is 0 Å². The molecule has 25 heavy (non-hydrogen) atoms. The molecule has 130 valence electrons. The van der Waals surface area contributed by atoms with E-state index in [1.165, 1.54) is 55.2 Å². The molecule has 2 saturated carbocycles. The highest BCUT2D eigenvalue weighted by Crippen LogP contribution is 2.47. The average molecular weight is 331 g/mol. The van der Waals surface area contributed by atoms with Gasteiger partial charge in [-0.15, -0.1) is 6.58 Å². The molecular weight excluding hydrogens is 300 g/mol. The first-order chi connectivity index (χ1) is 12.2. The van der Waals surface area contributed by atoms with Gasteiger partial charge in [0.15, 0.2) is 0 Å². The second-order valence-electron chi connectivity index (χ2n) is 8.33. The lowest BCUT2D eigenvalue weighted by molar-refractivity contribution is 0.133. The fraction of sp³-hybridized carbons (Fsp3) is 0.440. The summed E-state index contributed by atoms with van der Waals surface area (Å²) in [4.78, 5) is 0. The van der Waals surface area contributed by atoms with Crippen molar-refractivity contribution in [2.24, 2.45) is 17.8 Å². The molecule has 0 amide bonds. The summed E-state index contributed by atoms with van der Waals surface area (Å²) in [7, 11) is 0. The smallest absolute Gasteiger partial charge is 0.0159 e. The molecule has 0 bridgehead atoms. The van der Waals surface area contributed by atoms with Crippen LogP contribution in [0.5, 0.6) is 0 Å². The van der Waals surface area contributed by atoms with Gasteiger partial charge >= 0.3 is 0 Å². The van der Waals surface area contributed by atoms with Gasteiger partial charge in [-0.2, -0.15) is 0 Å². The van der Waals surface area contributed by atoms with Gasteiger partial charge in [0.25, 0.3) is 0 Å². The van der Waals surface area contributed by atoms with Crippen molar-refractivity contribution in [3.8, 4) is 11.1 Å². The second kappa shape index (κ2) is 7.20. The third-order valence-electron chi connectivity index (χ3n) is 6.75. The van der Waals surface area contributed by atoms with Gasteiger partial charge < -0.3 is 0 Å². The Bertz CT molecular complexity index is 707. The number of aryl methyl sites for hydroxylation is 1. The third kappa shape index (κ3) is 3.59. The maximum Gasteiger partial charge on any atom is -0.0159 e. The Morgan fingerprint density at radius 1 is 0.760 bits per heavy atom. The maximum atomic E-state index is 4.02. The number of hydrogen-bond acceptors (Lipinski definition) is 0. The molecule has 0 saturated heterocycles. The molecule has 0 heteroatoms. The third-order valence-corrected chi connectivity index (χ3v) is 6.75. The van der Waals surface area contributed by atoms with Crippen LogP contribution in [0, 0.1) is 24.7 Å². The van der Waals surface area contributed by atoms with Gasteiger partial charge in [0, 0.05) is 0 Å². The molecule has 2 aliphatic carbocycles. The fourth-order valence-electron chi connectivity index (χ4n) is 5.14. The van der Waals surface area contributed by atoms with Crippen molar-refractivity contribution in [3.63, 3.8) is 0 Å². The van der Waals surface area contributed by atoms with Crippen LogP contribution < -0.4 is 0 Å². The van der Waals surface area contributed by atoms with Crippen LogP contribution in [0.2, 0.25) is 0 Å². The van der Waals surface area contributed by atoms with E-state index in [4.69, 9.17) is 0 Å². The van der Waals surface area contributed by atoms with Crippen LogP contribution in [0.15, 0.2) is 61.2 Å². The average Bonchev–Trinajstić information content (AvgIpc) is 2.68. The Hall–Kier alpha value is -1.82. The predicted molar refractivity (Wildman–Crippen MR) is 108 cm³/mol. The van der Waals surface area contributed by atoms with Gasteiger partial charge in [-0.1, -0.05) is 60.2 Å². The largest absolute Gasteiger partial charge is 0.103 e. The molecule has 0 aromatic heterocycles. The summed E-state index contributed by atoms with van der Waals surface area (Å²) in [5.74, 6) is 3.46. The molecule has 0 spiro atoms. The normalized spacial score (nSPS) is 29.0. The lowest BCUT2D eigenvalue weighted by Crippen LogP contribution is -2.29. The number of rotatable bonds is 3. The molecule has 0 N–H and O–H groups in total. The molecule has 0 aliphatic heterocycles. The van der Waals surface area contributed by atoms with Gasteiger partial charge in [-0.3, -0.25) is 0 Å². The zero-order valence-electron chi connectivity index (χ0n) is 15.5. The fourth-order valence-corrected chi connectivity index (χ4v) is 5.14. The van der Waals surface area contributed by atoms with Crippen LogP contribution in [0.3, 0.4) is 0 Å². The molecule has 4 atom stereocenters. The van der Waals surface area contributed by atoms with Crippen LogP contribution in [-0.4, -0.2) is 0 Å². The quantitative estimate of drug-likeness (QED) is 0.524. The first kappa shape index (κ1) is 16.6. The molecule has 4 unspecified atom stereocenters. The maximum absolute atomic E-state index is 4.02. The summed E-state index contributed by atoms with van der Waals surface area (Å²) in [5.41, 5.74) is 5.54. The first-order valence-electron chi connectivity index (χ1n) is 10.0.